The fourth-order valence-corrected chi connectivity index (χ4v) is 7.90. The van der Waals surface area contributed by atoms with Gasteiger partial charge in [0.05, 0.1) is 19.8 Å². The van der Waals surface area contributed by atoms with E-state index in [1.807, 2.05) is 11.0 Å². The number of hydrogen-bond donors (Lipinski definition) is 0. The number of carbonyl (C=O) groups excluding carboxylic acids is 1. The van der Waals surface area contributed by atoms with Crippen molar-refractivity contribution in [1.29, 1.82) is 0 Å². The Morgan fingerprint density at radius 2 is 1.74 bits per heavy atom. The smallest absolute Gasteiger partial charge is 0.263 e. The highest BCUT2D eigenvalue weighted by Crippen LogP contribution is 2.47. The summed E-state index contributed by atoms with van der Waals surface area (Å²) in [6.07, 6.45) is 6.50. The Morgan fingerprint density at radius 3 is 2.41 bits per heavy atom. The van der Waals surface area contributed by atoms with E-state index in [-0.39, 0.29) is 16.7 Å². The Balaban J connectivity index is 1.29. The number of thiophene rings is 1. The highest BCUT2D eigenvalue weighted by atomic mass is 32.2. The molecule has 2 aromatic heterocycles. The zero-order chi connectivity index (χ0) is 24.1. The zero-order valence-electron chi connectivity index (χ0n) is 20.8. The van der Waals surface area contributed by atoms with Crippen molar-refractivity contribution in [2.75, 3.05) is 19.3 Å². The van der Waals surface area contributed by atoms with Gasteiger partial charge in [0, 0.05) is 30.0 Å². The summed E-state index contributed by atoms with van der Waals surface area (Å²) < 4.78 is 1.20. The number of fused-ring (bicyclic) bond motifs is 1. The average molecular weight is 511 g/mol. The fraction of sp³-hybridized carbons (Fsp3) is 0.500. The normalized spacial score (nSPS) is 19.7. The van der Waals surface area contributed by atoms with E-state index < -0.39 is 0 Å². The van der Waals surface area contributed by atoms with Crippen LogP contribution in [0.25, 0.3) is 11.3 Å². The lowest BCUT2D eigenvalue weighted by atomic mass is 9.63. The third-order valence-corrected chi connectivity index (χ3v) is 11.0. The van der Waals surface area contributed by atoms with Gasteiger partial charge in [-0.15, -0.1) is 34.4 Å². The standard InChI is InChI=1S/C28H34N2OS3/c1-27(2)12-13-28(3,4)21-16-19(6-7-20(21)27)22-17-33-25(29-22)18-10-14-30(15-11-18)26(31)23-8-9-24(32-5)34-23/h6-9,16-18H,10-15H2,1-5H3. The lowest BCUT2D eigenvalue weighted by Gasteiger charge is -2.42. The molecule has 3 heterocycles. The Bertz CT molecular complexity index is 1200. The topological polar surface area (TPSA) is 33.2 Å². The summed E-state index contributed by atoms with van der Waals surface area (Å²) in [6.45, 7) is 11.1. The quantitative estimate of drug-likeness (QED) is 0.334. The molecule has 0 bridgehead atoms. The Hall–Kier alpha value is -1.63. The molecule has 1 amide bonds. The summed E-state index contributed by atoms with van der Waals surface area (Å²) >= 11 is 5.09. The molecule has 1 fully saturated rings. The molecule has 3 nitrogen and oxygen atoms in total. The van der Waals surface area contributed by atoms with E-state index >= 15 is 0 Å². The molecule has 0 unspecified atom stereocenters. The van der Waals surface area contributed by atoms with Gasteiger partial charge in [0.25, 0.3) is 5.91 Å². The number of thioether (sulfide) groups is 1. The number of nitrogens with zero attached hydrogens (tertiary/aromatic N) is 2. The first kappa shape index (κ1) is 24.1. The van der Waals surface area contributed by atoms with Crippen LogP contribution < -0.4 is 0 Å². The first-order valence-corrected chi connectivity index (χ1v) is 15.1. The maximum absolute atomic E-state index is 12.9. The van der Waals surface area contributed by atoms with Gasteiger partial charge < -0.3 is 4.90 Å². The van der Waals surface area contributed by atoms with E-state index in [2.05, 4.69) is 63.6 Å². The third-order valence-electron chi connectivity index (χ3n) is 7.80. The molecule has 1 aliphatic heterocycles. The molecule has 34 heavy (non-hydrogen) atoms. The minimum atomic E-state index is 0.183. The average Bonchev–Trinajstić information content (AvgIpc) is 3.52. The van der Waals surface area contributed by atoms with Gasteiger partial charge in [-0.25, -0.2) is 4.98 Å². The Kier molecular flexibility index (Phi) is 6.45. The van der Waals surface area contributed by atoms with Crippen LogP contribution in [0.3, 0.4) is 0 Å². The molecule has 2 aliphatic rings. The predicted octanol–water partition coefficient (Wildman–Crippen LogP) is 7.96. The van der Waals surface area contributed by atoms with Crippen molar-refractivity contribution >= 4 is 40.3 Å². The Morgan fingerprint density at radius 1 is 1.03 bits per heavy atom. The van der Waals surface area contributed by atoms with E-state index in [1.165, 1.54) is 38.7 Å². The first-order chi connectivity index (χ1) is 16.2. The molecule has 1 aromatic carbocycles. The second-order valence-corrected chi connectivity index (χ2v) is 14.1. The molecule has 0 atom stereocenters. The molecule has 0 spiro atoms. The van der Waals surface area contributed by atoms with E-state index in [0.29, 0.717) is 5.92 Å². The number of piperidine rings is 1. The molecular formula is C28H34N2OS3. The molecule has 5 rings (SSSR count). The molecule has 0 N–H and O–H groups in total. The van der Waals surface area contributed by atoms with Gasteiger partial charge in [-0.1, -0.05) is 39.8 Å². The maximum atomic E-state index is 12.9. The summed E-state index contributed by atoms with van der Waals surface area (Å²) in [5.74, 6) is 0.629. The lowest BCUT2D eigenvalue weighted by Crippen LogP contribution is -2.37. The number of hydrogen-bond acceptors (Lipinski definition) is 5. The maximum Gasteiger partial charge on any atom is 0.263 e. The fourth-order valence-electron chi connectivity index (χ4n) is 5.39. The van der Waals surface area contributed by atoms with Gasteiger partial charge in [0.15, 0.2) is 0 Å². The van der Waals surface area contributed by atoms with Gasteiger partial charge in [-0.3, -0.25) is 4.79 Å². The van der Waals surface area contributed by atoms with Crippen LogP contribution in [-0.2, 0) is 10.8 Å². The molecule has 0 saturated carbocycles. The summed E-state index contributed by atoms with van der Waals surface area (Å²) in [6, 6.07) is 11.0. The molecule has 1 saturated heterocycles. The van der Waals surface area contributed by atoms with E-state index in [4.69, 9.17) is 4.98 Å². The minimum absolute atomic E-state index is 0.183. The second-order valence-electron chi connectivity index (χ2n) is 11.0. The van der Waals surface area contributed by atoms with Gasteiger partial charge in [0.1, 0.15) is 0 Å². The Labute approximate surface area is 216 Å². The van der Waals surface area contributed by atoms with E-state index in [9.17, 15) is 4.79 Å². The van der Waals surface area contributed by atoms with Crippen LogP contribution in [0.2, 0.25) is 0 Å². The van der Waals surface area contributed by atoms with Crippen LogP contribution in [0, 0.1) is 0 Å². The van der Waals surface area contributed by atoms with Gasteiger partial charge in [0.2, 0.25) is 0 Å². The first-order valence-electron chi connectivity index (χ1n) is 12.2. The molecule has 1 aliphatic carbocycles. The molecular weight excluding hydrogens is 477 g/mol. The molecule has 180 valence electrons. The number of rotatable bonds is 4. The van der Waals surface area contributed by atoms with E-state index in [0.717, 1.165) is 36.5 Å². The van der Waals surface area contributed by atoms with Crippen molar-refractivity contribution in [1.82, 2.24) is 9.88 Å². The zero-order valence-corrected chi connectivity index (χ0v) is 23.3. The number of benzene rings is 1. The number of carbonyl (C=O) groups is 1. The summed E-state index contributed by atoms with van der Waals surface area (Å²) in [5, 5.41) is 3.45. The highest BCUT2D eigenvalue weighted by Gasteiger charge is 2.37. The van der Waals surface area contributed by atoms with Gasteiger partial charge >= 0.3 is 0 Å². The van der Waals surface area contributed by atoms with Gasteiger partial charge in [-0.2, -0.15) is 0 Å². The summed E-state index contributed by atoms with van der Waals surface area (Å²) in [5.41, 5.74) is 5.77. The van der Waals surface area contributed by atoms with Crippen LogP contribution in [0.5, 0.6) is 0 Å². The van der Waals surface area contributed by atoms with Crippen molar-refractivity contribution in [2.24, 2.45) is 0 Å². The molecule has 6 heteroatoms. The van der Waals surface area contributed by atoms with Gasteiger partial charge in [-0.05, 0) is 72.1 Å². The minimum Gasteiger partial charge on any atom is -0.338 e. The van der Waals surface area contributed by atoms with Crippen LogP contribution in [0.4, 0.5) is 0 Å². The van der Waals surface area contributed by atoms with Crippen LogP contribution >= 0.6 is 34.4 Å². The number of likely N-dealkylation sites (tertiary alicyclic amines) is 1. The molecule has 3 aromatic rings. The van der Waals surface area contributed by atoms with Crippen LogP contribution in [0.15, 0.2) is 39.9 Å². The van der Waals surface area contributed by atoms with Crippen molar-refractivity contribution < 1.29 is 4.79 Å². The predicted molar refractivity (Wildman–Crippen MR) is 147 cm³/mol. The SMILES string of the molecule is CSc1ccc(C(=O)N2CCC(c3nc(-c4ccc5c(c4)C(C)(C)CCC5(C)C)cs3)CC2)s1. The summed E-state index contributed by atoms with van der Waals surface area (Å²) in [7, 11) is 0. The lowest BCUT2D eigenvalue weighted by molar-refractivity contribution is 0.0718. The van der Waals surface area contributed by atoms with E-state index in [1.54, 1.807) is 34.4 Å². The number of amides is 1. The number of aromatic nitrogens is 1. The second kappa shape index (κ2) is 9.11. The largest absolute Gasteiger partial charge is 0.338 e. The summed E-state index contributed by atoms with van der Waals surface area (Å²) in [4.78, 5) is 20.9. The highest BCUT2D eigenvalue weighted by molar-refractivity contribution is 8.00. The molecule has 0 radical (unpaired) electrons. The van der Waals surface area contributed by atoms with Crippen molar-refractivity contribution in [2.45, 2.75) is 74.3 Å². The van der Waals surface area contributed by atoms with Crippen molar-refractivity contribution in [3.63, 3.8) is 0 Å². The third kappa shape index (κ3) is 4.49. The van der Waals surface area contributed by atoms with Crippen molar-refractivity contribution in [3.05, 3.63) is 56.7 Å². The van der Waals surface area contributed by atoms with Crippen LogP contribution in [-0.4, -0.2) is 35.1 Å². The van der Waals surface area contributed by atoms with Crippen molar-refractivity contribution in [3.8, 4) is 11.3 Å². The van der Waals surface area contributed by atoms with Crippen LogP contribution in [0.1, 0.15) is 85.1 Å². The monoisotopic (exact) mass is 510 g/mol. The number of thiazole rings is 1.